The van der Waals surface area contributed by atoms with E-state index in [0.717, 1.165) is 71.3 Å². The van der Waals surface area contributed by atoms with E-state index in [4.69, 9.17) is 9.47 Å². The maximum Gasteiger partial charge on any atom is 0.193 e. The fraction of sp³-hybridized carbons (Fsp3) is 0.944. The molecule has 2 aliphatic heterocycles. The third-order valence-corrected chi connectivity index (χ3v) is 5.11. The summed E-state index contributed by atoms with van der Waals surface area (Å²) < 4.78 is 11.2. The van der Waals surface area contributed by atoms with Gasteiger partial charge in [0.1, 0.15) is 0 Å². The number of hydrogen-bond donors (Lipinski definition) is 1. The van der Waals surface area contributed by atoms with Gasteiger partial charge in [0.25, 0.3) is 0 Å². The van der Waals surface area contributed by atoms with E-state index in [-0.39, 0.29) is 0 Å². The molecule has 0 aromatic carbocycles. The zero-order chi connectivity index (χ0) is 17.4. The number of likely N-dealkylation sites (tertiary alicyclic amines) is 1. The Kier molecular flexibility index (Phi) is 8.29. The highest BCUT2D eigenvalue weighted by Crippen LogP contribution is 2.15. The van der Waals surface area contributed by atoms with Crippen LogP contribution in [0.3, 0.4) is 0 Å². The van der Waals surface area contributed by atoms with Crippen molar-refractivity contribution in [3.63, 3.8) is 0 Å². The number of morpholine rings is 1. The highest BCUT2D eigenvalue weighted by molar-refractivity contribution is 5.80. The first-order valence-electron chi connectivity index (χ1n) is 9.54. The molecule has 0 spiro atoms. The number of ether oxygens (including phenoxy) is 2. The van der Waals surface area contributed by atoms with Gasteiger partial charge < -0.3 is 19.7 Å². The van der Waals surface area contributed by atoms with Crippen LogP contribution in [-0.4, -0.2) is 87.5 Å². The van der Waals surface area contributed by atoms with Gasteiger partial charge in [-0.2, -0.15) is 0 Å². The molecular weight excluding hydrogens is 304 g/mol. The molecule has 2 saturated heterocycles. The van der Waals surface area contributed by atoms with Gasteiger partial charge in [0.2, 0.25) is 0 Å². The third-order valence-electron chi connectivity index (χ3n) is 5.11. The standard InChI is InChI=1S/C18H36N4O2/c1-5-24-16-6-8-22(9-7-16)18(19-4)20-14-17(15(2)3)21-10-12-23-13-11-21/h15-17H,5-14H2,1-4H3,(H,19,20). The van der Waals surface area contributed by atoms with Gasteiger partial charge >= 0.3 is 0 Å². The van der Waals surface area contributed by atoms with Gasteiger partial charge in [-0.1, -0.05) is 13.8 Å². The lowest BCUT2D eigenvalue weighted by atomic mass is 10.0. The minimum atomic E-state index is 0.418. The fourth-order valence-electron chi connectivity index (χ4n) is 3.69. The van der Waals surface area contributed by atoms with Crippen LogP contribution in [0.5, 0.6) is 0 Å². The van der Waals surface area contributed by atoms with E-state index >= 15 is 0 Å². The highest BCUT2D eigenvalue weighted by atomic mass is 16.5. The molecule has 0 bridgehead atoms. The molecule has 24 heavy (non-hydrogen) atoms. The van der Waals surface area contributed by atoms with Crippen LogP contribution in [0.25, 0.3) is 0 Å². The van der Waals surface area contributed by atoms with Crippen LogP contribution >= 0.6 is 0 Å². The summed E-state index contributed by atoms with van der Waals surface area (Å²) in [5, 5.41) is 3.62. The topological polar surface area (TPSA) is 49.3 Å². The SMILES string of the molecule is CCOC1CCN(C(=NC)NCC(C(C)C)N2CCOCC2)CC1. The molecule has 1 N–H and O–H groups in total. The number of piperidine rings is 1. The minimum absolute atomic E-state index is 0.418. The van der Waals surface area contributed by atoms with Crippen molar-refractivity contribution < 1.29 is 9.47 Å². The Balaban J connectivity index is 1.83. The third kappa shape index (κ3) is 5.60. The van der Waals surface area contributed by atoms with Gasteiger partial charge in [-0.05, 0) is 25.7 Å². The van der Waals surface area contributed by atoms with Crippen molar-refractivity contribution >= 4 is 5.96 Å². The number of nitrogens with one attached hydrogen (secondary N) is 1. The van der Waals surface area contributed by atoms with Gasteiger partial charge in [-0.15, -0.1) is 0 Å². The first kappa shape index (κ1) is 19.5. The Bertz CT molecular complexity index is 375. The fourth-order valence-corrected chi connectivity index (χ4v) is 3.69. The minimum Gasteiger partial charge on any atom is -0.379 e. The molecule has 0 aromatic rings. The second-order valence-electron chi connectivity index (χ2n) is 7.03. The Morgan fingerprint density at radius 3 is 2.42 bits per heavy atom. The lowest BCUT2D eigenvalue weighted by Gasteiger charge is -2.39. The number of rotatable bonds is 6. The largest absolute Gasteiger partial charge is 0.379 e. The molecule has 140 valence electrons. The Morgan fingerprint density at radius 2 is 1.88 bits per heavy atom. The Morgan fingerprint density at radius 1 is 1.21 bits per heavy atom. The van der Waals surface area contributed by atoms with E-state index in [9.17, 15) is 0 Å². The smallest absolute Gasteiger partial charge is 0.193 e. The summed E-state index contributed by atoms with van der Waals surface area (Å²) in [5.74, 6) is 1.64. The second kappa shape index (κ2) is 10.2. The van der Waals surface area contributed by atoms with Crippen LogP contribution in [0.1, 0.15) is 33.6 Å². The van der Waals surface area contributed by atoms with Gasteiger partial charge in [0.05, 0.1) is 19.3 Å². The van der Waals surface area contributed by atoms with Crippen molar-refractivity contribution in [1.29, 1.82) is 0 Å². The molecule has 1 atom stereocenters. The van der Waals surface area contributed by atoms with Crippen LogP contribution in [0.15, 0.2) is 4.99 Å². The highest BCUT2D eigenvalue weighted by Gasteiger charge is 2.26. The number of nitrogens with zero attached hydrogens (tertiary/aromatic N) is 3. The maximum atomic E-state index is 5.75. The lowest BCUT2D eigenvalue weighted by molar-refractivity contribution is 0.00707. The van der Waals surface area contributed by atoms with Crippen LogP contribution < -0.4 is 5.32 Å². The van der Waals surface area contributed by atoms with Crippen molar-refractivity contribution in [3.05, 3.63) is 0 Å². The van der Waals surface area contributed by atoms with Gasteiger partial charge in [-0.25, -0.2) is 0 Å². The van der Waals surface area contributed by atoms with Crippen LogP contribution in [-0.2, 0) is 9.47 Å². The molecule has 6 heteroatoms. The predicted molar refractivity (Wildman–Crippen MR) is 98.6 cm³/mol. The molecule has 0 aliphatic carbocycles. The van der Waals surface area contributed by atoms with Crippen LogP contribution in [0, 0.1) is 5.92 Å². The van der Waals surface area contributed by atoms with E-state index in [1.54, 1.807) is 0 Å². The second-order valence-corrected chi connectivity index (χ2v) is 7.03. The first-order valence-corrected chi connectivity index (χ1v) is 9.54. The molecule has 0 saturated carbocycles. The van der Waals surface area contributed by atoms with Crippen molar-refractivity contribution in [2.75, 3.05) is 59.6 Å². The van der Waals surface area contributed by atoms with Crippen LogP contribution in [0.4, 0.5) is 0 Å². The normalized spacial score (nSPS) is 22.9. The van der Waals surface area contributed by atoms with Crippen molar-refractivity contribution in [3.8, 4) is 0 Å². The summed E-state index contributed by atoms with van der Waals surface area (Å²) in [7, 11) is 1.89. The van der Waals surface area contributed by atoms with E-state index in [1.807, 2.05) is 7.05 Å². The molecule has 2 rings (SSSR count). The molecule has 1 unspecified atom stereocenters. The zero-order valence-corrected chi connectivity index (χ0v) is 16.0. The summed E-state index contributed by atoms with van der Waals surface area (Å²) in [6.07, 6.45) is 2.60. The quantitative estimate of drug-likeness (QED) is 0.585. The zero-order valence-electron chi connectivity index (χ0n) is 16.0. The summed E-state index contributed by atoms with van der Waals surface area (Å²) in [4.78, 5) is 9.43. The number of hydrogen-bond acceptors (Lipinski definition) is 4. The summed E-state index contributed by atoms with van der Waals surface area (Å²) in [6.45, 7) is 14.2. The first-order chi connectivity index (χ1) is 11.7. The molecule has 0 amide bonds. The Labute approximate surface area is 147 Å². The summed E-state index contributed by atoms with van der Waals surface area (Å²) >= 11 is 0. The van der Waals surface area contributed by atoms with E-state index in [1.165, 1.54) is 0 Å². The summed E-state index contributed by atoms with van der Waals surface area (Å²) in [5.41, 5.74) is 0. The predicted octanol–water partition coefficient (Wildman–Crippen LogP) is 1.42. The van der Waals surface area contributed by atoms with E-state index in [2.05, 4.69) is 40.9 Å². The number of aliphatic imine (C=N–C) groups is 1. The van der Waals surface area contributed by atoms with Gasteiger partial charge in [-0.3, -0.25) is 9.89 Å². The van der Waals surface area contributed by atoms with Gasteiger partial charge in [0.15, 0.2) is 5.96 Å². The number of guanidine groups is 1. The van der Waals surface area contributed by atoms with Crippen molar-refractivity contribution in [2.24, 2.45) is 10.9 Å². The maximum absolute atomic E-state index is 5.75. The van der Waals surface area contributed by atoms with Crippen molar-refractivity contribution in [2.45, 2.75) is 45.8 Å². The van der Waals surface area contributed by atoms with Gasteiger partial charge in [0, 0.05) is 52.4 Å². The molecule has 2 fully saturated rings. The lowest BCUT2D eigenvalue weighted by Crippen LogP contribution is -2.54. The van der Waals surface area contributed by atoms with Crippen LogP contribution in [0.2, 0.25) is 0 Å². The molecular formula is C18H36N4O2. The molecule has 0 aromatic heterocycles. The molecule has 0 radical (unpaired) electrons. The summed E-state index contributed by atoms with van der Waals surface area (Å²) in [6, 6.07) is 0.520. The molecule has 2 aliphatic rings. The molecule has 6 nitrogen and oxygen atoms in total. The average Bonchev–Trinajstić information content (AvgIpc) is 2.60. The van der Waals surface area contributed by atoms with Crippen molar-refractivity contribution in [1.82, 2.24) is 15.1 Å². The average molecular weight is 341 g/mol. The molecule has 2 heterocycles. The Hall–Kier alpha value is -0.850. The van der Waals surface area contributed by atoms with E-state index < -0.39 is 0 Å². The monoisotopic (exact) mass is 340 g/mol. The van der Waals surface area contributed by atoms with E-state index in [0.29, 0.717) is 18.1 Å².